The van der Waals surface area contributed by atoms with Gasteiger partial charge in [0.2, 0.25) is 0 Å². The lowest BCUT2D eigenvalue weighted by atomic mass is 10.2. The maximum absolute atomic E-state index is 10.3. The summed E-state index contributed by atoms with van der Waals surface area (Å²) in [6.07, 6.45) is 27.3. The van der Waals surface area contributed by atoms with E-state index in [0.29, 0.717) is 0 Å². The van der Waals surface area contributed by atoms with Crippen LogP contribution in [0.25, 0.3) is 0 Å². The molecule has 0 heterocycles. The first-order valence-electron chi connectivity index (χ1n) is 8.60. The summed E-state index contributed by atoms with van der Waals surface area (Å²) in [5, 5.41) is 8.49. The molecule has 0 radical (unpaired) electrons. The first kappa shape index (κ1) is 20.4. The van der Waals surface area contributed by atoms with E-state index in [0.717, 1.165) is 32.1 Å². The van der Waals surface area contributed by atoms with E-state index < -0.39 is 5.97 Å². The monoisotopic (exact) mass is 304 g/mol. The summed E-state index contributed by atoms with van der Waals surface area (Å²) < 4.78 is 0. The summed E-state index contributed by atoms with van der Waals surface area (Å²) in [7, 11) is 0. The molecule has 0 aliphatic heterocycles. The minimum absolute atomic E-state index is 0.260. The molecule has 2 nitrogen and oxygen atoms in total. The topological polar surface area (TPSA) is 37.3 Å². The van der Waals surface area contributed by atoms with Crippen molar-refractivity contribution in [1.82, 2.24) is 0 Å². The quantitative estimate of drug-likeness (QED) is 0.235. The number of hydrogen-bond acceptors (Lipinski definition) is 1. The molecular formula is C20H32O2. The molecule has 0 amide bonds. The normalized spacial score (nSPS) is 12.4. The van der Waals surface area contributed by atoms with Crippen molar-refractivity contribution >= 4 is 5.97 Å². The van der Waals surface area contributed by atoms with E-state index >= 15 is 0 Å². The summed E-state index contributed by atoms with van der Waals surface area (Å²) >= 11 is 0. The third kappa shape index (κ3) is 18.4. The van der Waals surface area contributed by atoms with Crippen LogP contribution in [0.5, 0.6) is 0 Å². The molecule has 0 saturated heterocycles. The fraction of sp³-hybridized carbons (Fsp3) is 0.550. The van der Waals surface area contributed by atoms with Gasteiger partial charge in [0.25, 0.3) is 0 Å². The molecule has 22 heavy (non-hydrogen) atoms. The van der Waals surface area contributed by atoms with E-state index in [9.17, 15) is 4.79 Å². The van der Waals surface area contributed by atoms with Crippen molar-refractivity contribution in [1.29, 1.82) is 0 Å². The molecule has 0 aliphatic carbocycles. The van der Waals surface area contributed by atoms with Gasteiger partial charge in [-0.15, -0.1) is 0 Å². The lowest BCUT2D eigenvalue weighted by Gasteiger charge is -1.91. The summed E-state index contributed by atoms with van der Waals surface area (Å²) in [6.45, 7) is 2.23. The van der Waals surface area contributed by atoms with Gasteiger partial charge >= 0.3 is 5.97 Å². The summed E-state index contributed by atoms with van der Waals surface area (Å²) in [5.41, 5.74) is 0. The summed E-state index contributed by atoms with van der Waals surface area (Å²) in [4.78, 5) is 10.3. The molecule has 0 aliphatic rings. The van der Waals surface area contributed by atoms with Crippen LogP contribution in [-0.2, 0) is 4.79 Å². The highest BCUT2D eigenvalue weighted by Crippen LogP contribution is 2.02. The number of carbonyl (C=O) groups is 1. The average molecular weight is 304 g/mol. The number of carboxylic acids is 1. The first-order chi connectivity index (χ1) is 10.8. The van der Waals surface area contributed by atoms with Gasteiger partial charge in [0.1, 0.15) is 0 Å². The van der Waals surface area contributed by atoms with Crippen molar-refractivity contribution in [2.24, 2.45) is 0 Å². The van der Waals surface area contributed by atoms with Gasteiger partial charge in [-0.05, 0) is 44.9 Å². The predicted octanol–water partition coefficient (Wildman–Crippen LogP) is 6.22. The third-order valence-electron chi connectivity index (χ3n) is 3.22. The Morgan fingerprint density at radius 3 is 2.18 bits per heavy atom. The fourth-order valence-electron chi connectivity index (χ4n) is 1.94. The van der Waals surface area contributed by atoms with Crippen LogP contribution in [0.2, 0.25) is 0 Å². The maximum atomic E-state index is 10.3. The standard InChI is InChI=1S/C20H32O2/c1-2-3-4-5-6-7-8-9-10-11-12-13-14-15-16-17-18-19-20(21)22/h6-7,10-13,15-16H,2-5,8-9,14,17-19H2,1H3,(H,21,22)/b7-6-,11-10+,13-12-,16-15-. The highest BCUT2D eigenvalue weighted by Gasteiger charge is 1.92. The Labute approximate surface area is 136 Å². The minimum Gasteiger partial charge on any atom is -0.481 e. The smallest absolute Gasteiger partial charge is 0.303 e. The van der Waals surface area contributed by atoms with Gasteiger partial charge in [-0.2, -0.15) is 0 Å². The van der Waals surface area contributed by atoms with Gasteiger partial charge in [0, 0.05) is 6.42 Å². The molecule has 0 unspecified atom stereocenters. The van der Waals surface area contributed by atoms with Crippen molar-refractivity contribution in [3.05, 3.63) is 48.6 Å². The van der Waals surface area contributed by atoms with Crippen LogP contribution in [0, 0.1) is 0 Å². The van der Waals surface area contributed by atoms with E-state index in [-0.39, 0.29) is 6.42 Å². The van der Waals surface area contributed by atoms with Gasteiger partial charge in [0.05, 0.1) is 0 Å². The van der Waals surface area contributed by atoms with Crippen molar-refractivity contribution in [2.45, 2.75) is 71.1 Å². The van der Waals surface area contributed by atoms with Crippen LogP contribution in [-0.4, -0.2) is 11.1 Å². The van der Waals surface area contributed by atoms with Gasteiger partial charge < -0.3 is 5.11 Å². The van der Waals surface area contributed by atoms with Crippen LogP contribution in [0.4, 0.5) is 0 Å². The molecule has 2 heteroatoms. The Bertz CT molecular complexity index is 362. The predicted molar refractivity (Wildman–Crippen MR) is 96.0 cm³/mol. The zero-order valence-electron chi connectivity index (χ0n) is 14.0. The summed E-state index contributed by atoms with van der Waals surface area (Å²) in [5.74, 6) is -0.714. The Hall–Kier alpha value is -1.57. The molecule has 1 N–H and O–H groups in total. The number of unbranched alkanes of at least 4 members (excludes halogenated alkanes) is 5. The van der Waals surface area contributed by atoms with Gasteiger partial charge in [-0.3, -0.25) is 4.79 Å². The molecule has 0 rings (SSSR count). The molecule has 124 valence electrons. The van der Waals surface area contributed by atoms with Gasteiger partial charge in [-0.1, -0.05) is 68.4 Å². The van der Waals surface area contributed by atoms with Crippen LogP contribution in [0.15, 0.2) is 48.6 Å². The Kier molecular flexibility index (Phi) is 16.2. The highest BCUT2D eigenvalue weighted by molar-refractivity contribution is 5.66. The van der Waals surface area contributed by atoms with E-state index in [4.69, 9.17) is 5.11 Å². The summed E-state index contributed by atoms with van der Waals surface area (Å²) in [6, 6.07) is 0. The number of allylic oxidation sites excluding steroid dienone is 8. The van der Waals surface area contributed by atoms with E-state index in [1.807, 2.05) is 0 Å². The fourth-order valence-corrected chi connectivity index (χ4v) is 1.94. The number of aliphatic carboxylic acids is 1. The largest absolute Gasteiger partial charge is 0.481 e. The minimum atomic E-state index is -0.714. The number of rotatable bonds is 14. The van der Waals surface area contributed by atoms with Crippen molar-refractivity contribution in [3.63, 3.8) is 0 Å². The number of carboxylic acid groups (broad SMARTS) is 1. The first-order valence-corrected chi connectivity index (χ1v) is 8.60. The molecule has 0 aromatic rings. The van der Waals surface area contributed by atoms with E-state index in [1.54, 1.807) is 0 Å². The van der Waals surface area contributed by atoms with Crippen LogP contribution < -0.4 is 0 Å². The molecule has 0 fully saturated rings. The molecule has 0 bridgehead atoms. The van der Waals surface area contributed by atoms with E-state index in [1.165, 1.54) is 25.7 Å². The van der Waals surface area contributed by atoms with Crippen LogP contribution in [0.1, 0.15) is 71.1 Å². The van der Waals surface area contributed by atoms with Crippen LogP contribution in [0.3, 0.4) is 0 Å². The molecule has 0 spiro atoms. The Morgan fingerprint density at radius 1 is 0.773 bits per heavy atom. The molecule has 0 atom stereocenters. The van der Waals surface area contributed by atoms with Gasteiger partial charge in [0.15, 0.2) is 0 Å². The Balaban J connectivity index is 3.41. The highest BCUT2D eigenvalue weighted by atomic mass is 16.4. The molecule has 0 aromatic heterocycles. The zero-order chi connectivity index (χ0) is 16.3. The average Bonchev–Trinajstić information content (AvgIpc) is 2.50. The third-order valence-corrected chi connectivity index (χ3v) is 3.22. The van der Waals surface area contributed by atoms with Crippen molar-refractivity contribution < 1.29 is 9.90 Å². The zero-order valence-corrected chi connectivity index (χ0v) is 14.0. The molecular weight excluding hydrogens is 272 g/mol. The van der Waals surface area contributed by atoms with Gasteiger partial charge in [-0.25, -0.2) is 0 Å². The second-order valence-corrected chi connectivity index (χ2v) is 5.39. The van der Waals surface area contributed by atoms with E-state index in [2.05, 4.69) is 55.5 Å². The van der Waals surface area contributed by atoms with Crippen molar-refractivity contribution in [2.75, 3.05) is 0 Å². The SMILES string of the molecule is CCCCC/C=C\CC/C=C/C=C\C/C=C\CCCC(=O)O. The number of hydrogen-bond donors (Lipinski definition) is 1. The lowest BCUT2D eigenvalue weighted by molar-refractivity contribution is -0.137. The maximum Gasteiger partial charge on any atom is 0.303 e. The second-order valence-electron chi connectivity index (χ2n) is 5.39. The lowest BCUT2D eigenvalue weighted by Crippen LogP contribution is -1.92. The van der Waals surface area contributed by atoms with Crippen molar-refractivity contribution in [3.8, 4) is 0 Å². The van der Waals surface area contributed by atoms with Crippen LogP contribution >= 0.6 is 0 Å². The molecule has 0 aromatic carbocycles. The Morgan fingerprint density at radius 2 is 1.41 bits per heavy atom. The second kappa shape index (κ2) is 17.5. The molecule has 0 saturated carbocycles.